The van der Waals surface area contributed by atoms with Crippen LogP contribution in [0.4, 0.5) is 4.39 Å². The number of halogens is 1. The van der Waals surface area contributed by atoms with E-state index in [2.05, 4.69) is 0 Å². The monoisotopic (exact) mass is 388 g/mol. The number of hydrogen-bond donors (Lipinski definition) is 0. The zero-order valence-corrected chi connectivity index (χ0v) is 16.0. The van der Waals surface area contributed by atoms with Crippen LogP contribution in [-0.2, 0) is 37.0 Å². The van der Waals surface area contributed by atoms with Crippen molar-refractivity contribution in [1.82, 2.24) is 0 Å². The van der Waals surface area contributed by atoms with Crippen LogP contribution in [0.5, 0.6) is 0 Å². The molecule has 0 aromatic heterocycles. The summed E-state index contributed by atoms with van der Waals surface area (Å²) in [4.78, 5) is 11.7. The Bertz CT molecular complexity index is 684. The van der Waals surface area contributed by atoms with E-state index in [0.29, 0.717) is 6.61 Å². The molecule has 0 aliphatic carbocycles. The van der Waals surface area contributed by atoms with E-state index in [1.54, 1.807) is 6.92 Å². The van der Waals surface area contributed by atoms with Crippen molar-refractivity contribution in [2.75, 3.05) is 0 Å². The van der Waals surface area contributed by atoms with Crippen molar-refractivity contribution in [2.24, 2.45) is 0 Å². The van der Waals surface area contributed by atoms with Gasteiger partial charge in [0.05, 0.1) is 19.3 Å². The summed E-state index contributed by atoms with van der Waals surface area (Å²) in [6.07, 6.45) is -4.97. The normalized spacial score (nSPS) is 27.3. The van der Waals surface area contributed by atoms with Gasteiger partial charge in [-0.15, -0.1) is 0 Å². The third-order valence-corrected chi connectivity index (χ3v) is 4.59. The molecule has 6 heteroatoms. The van der Waals surface area contributed by atoms with Crippen LogP contribution < -0.4 is 0 Å². The summed E-state index contributed by atoms with van der Waals surface area (Å²) >= 11 is 0. The number of hydrogen-bond acceptors (Lipinski definition) is 5. The van der Waals surface area contributed by atoms with Gasteiger partial charge in [0, 0.05) is 6.92 Å². The molecule has 0 N–H and O–H groups in total. The van der Waals surface area contributed by atoms with Crippen molar-refractivity contribution in [1.29, 1.82) is 0 Å². The van der Waals surface area contributed by atoms with Crippen LogP contribution in [0.25, 0.3) is 0 Å². The topological polar surface area (TPSA) is 54.0 Å². The predicted molar refractivity (Wildman–Crippen MR) is 101 cm³/mol. The molecule has 5 nitrogen and oxygen atoms in total. The van der Waals surface area contributed by atoms with Crippen molar-refractivity contribution in [3.8, 4) is 0 Å². The first-order valence-corrected chi connectivity index (χ1v) is 9.32. The van der Waals surface area contributed by atoms with Crippen molar-refractivity contribution in [3.05, 3.63) is 71.8 Å². The quantitative estimate of drug-likeness (QED) is 0.676. The van der Waals surface area contributed by atoms with Gasteiger partial charge in [0.25, 0.3) is 0 Å². The van der Waals surface area contributed by atoms with Gasteiger partial charge in [-0.25, -0.2) is 4.39 Å². The van der Waals surface area contributed by atoms with Gasteiger partial charge in [0.1, 0.15) is 6.10 Å². The average molecular weight is 388 g/mol. The van der Waals surface area contributed by atoms with E-state index in [1.165, 1.54) is 6.92 Å². The van der Waals surface area contributed by atoms with Gasteiger partial charge in [-0.05, 0) is 18.1 Å². The molecule has 0 bridgehead atoms. The Balaban J connectivity index is 1.73. The van der Waals surface area contributed by atoms with Crippen LogP contribution in [0.15, 0.2) is 60.7 Å². The van der Waals surface area contributed by atoms with E-state index < -0.39 is 36.7 Å². The highest BCUT2D eigenvalue weighted by Gasteiger charge is 2.48. The molecule has 1 heterocycles. The third-order valence-electron chi connectivity index (χ3n) is 4.59. The van der Waals surface area contributed by atoms with E-state index in [1.807, 2.05) is 60.7 Å². The first-order valence-electron chi connectivity index (χ1n) is 9.32. The number of rotatable bonds is 7. The van der Waals surface area contributed by atoms with Gasteiger partial charge < -0.3 is 18.9 Å². The van der Waals surface area contributed by atoms with E-state index >= 15 is 0 Å². The molecule has 2 aromatic rings. The number of benzene rings is 2. The number of ether oxygens (including phenoxy) is 4. The van der Waals surface area contributed by atoms with Crippen molar-refractivity contribution >= 4 is 5.97 Å². The fraction of sp³-hybridized carbons (Fsp3) is 0.409. The minimum atomic E-state index is -1.72. The Morgan fingerprint density at radius 2 is 1.39 bits per heavy atom. The fourth-order valence-corrected chi connectivity index (χ4v) is 3.22. The second-order valence-electron chi connectivity index (χ2n) is 6.79. The lowest BCUT2D eigenvalue weighted by Crippen LogP contribution is -2.58. The summed E-state index contributed by atoms with van der Waals surface area (Å²) in [7, 11) is 0. The summed E-state index contributed by atoms with van der Waals surface area (Å²) in [5, 5.41) is 0. The van der Waals surface area contributed by atoms with E-state index in [-0.39, 0.29) is 6.61 Å². The van der Waals surface area contributed by atoms with Crippen LogP contribution in [0.3, 0.4) is 0 Å². The minimum Gasteiger partial charge on any atom is -0.457 e. The Morgan fingerprint density at radius 3 is 1.89 bits per heavy atom. The highest BCUT2D eigenvalue weighted by Crippen LogP contribution is 2.30. The summed E-state index contributed by atoms with van der Waals surface area (Å²) < 4.78 is 37.2. The van der Waals surface area contributed by atoms with Crippen molar-refractivity contribution < 1.29 is 28.1 Å². The van der Waals surface area contributed by atoms with Gasteiger partial charge in [-0.3, -0.25) is 4.79 Å². The molecule has 0 amide bonds. The number of esters is 1. The standard InChI is InChI=1S/C22H25FO5/c1-15-19(25-13-17-9-5-3-6-10-17)20(28-16(2)24)21(22(23)27-15)26-14-18-11-7-4-8-12-18/h3-12,15,19-22H,13-14H2,1-2H3/t15-,19+,20-,21-,22?/m0/s1. The predicted octanol–water partition coefficient (Wildman–Crippen LogP) is 3.80. The zero-order chi connectivity index (χ0) is 19.9. The Labute approximate surface area is 164 Å². The minimum absolute atomic E-state index is 0.173. The molecule has 3 rings (SSSR count). The van der Waals surface area contributed by atoms with E-state index in [4.69, 9.17) is 18.9 Å². The number of carbonyl (C=O) groups is 1. The summed E-state index contributed by atoms with van der Waals surface area (Å²) in [5.74, 6) is -0.520. The van der Waals surface area contributed by atoms with Gasteiger partial charge in [0.15, 0.2) is 12.2 Å². The molecule has 1 saturated heterocycles. The lowest BCUT2D eigenvalue weighted by atomic mass is 9.99. The molecule has 0 spiro atoms. The van der Waals surface area contributed by atoms with Crippen LogP contribution >= 0.6 is 0 Å². The maximum Gasteiger partial charge on any atom is 0.303 e. The third kappa shape index (κ3) is 5.38. The second-order valence-corrected chi connectivity index (χ2v) is 6.79. The molecule has 1 aliphatic rings. The molecule has 28 heavy (non-hydrogen) atoms. The molecule has 1 aliphatic heterocycles. The number of carbonyl (C=O) groups excluding carboxylic acids is 1. The van der Waals surface area contributed by atoms with Crippen molar-refractivity contribution in [3.63, 3.8) is 0 Å². The molecule has 5 atom stereocenters. The van der Waals surface area contributed by atoms with Crippen LogP contribution in [0, 0.1) is 0 Å². The Kier molecular flexibility index (Phi) is 7.14. The van der Waals surface area contributed by atoms with Gasteiger partial charge >= 0.3 is 5.97 Å². The molecule has 0 radical (unpaired) electrons. The van der Waals surface area contributed by atoms with Crippen LogP contribution in [0.2, 0.25) is 0 Å². The summed E-state index contributed by atoms with van der Waals surface area (Å²) in [6, 6.07) is 19.0. The fourth-order valence-electron chi connectivity index (χ4n) is 3.22. The molecule has 1 unspecified atom stereocenters. The van der Waals surface area contributed by atoms with Gasteiger partial charge in [-0.2, -0.15) is 0 Å². The first-order chi connectivity index (χ1) is 13.5. The lowest BCUT2D eigenvalue weighted by Gasteiger charge is -2.42. The molecule has 1 fully saturated rings. The molecule has 2 aromatic carbocycles. The highest BCUT2D eigenvalue weighted by atomic mass is 19.1. The van der Waals surface area contributed by atoms with Crippen LogP contribution in [-0.4, -0.2) is 36.7 Å². The van der Waals surface area contributed by atoms with Crippen LogP contribution in [0.1, 0.15) is 25.0 Å². The zero-order valence-electron chi connectivity index (χ0n) is 16.0. The molecule has 150 valence electrons. The first kappa shape index (κ1) is 20.5. The number of alkyl halides is 1. The van der Waals surface area contributed by atoms with Crippen molar-refractivity contribution in [2.45, 2.75) is 57.8 Å². The highest BCUT2D eigenvalue weighted by molar-refractivity contribution is 5.66. The maximum absolute atomic E-state index is 14.6. The summed E-state index contributed by atoms with van der Waals surface area (Å²) in [6.45, 7) is 3.45. The second kappa shape index (κ2) is 9.78. The lowest BCUT2D eigenvalue weighted by molar-refractivity contribution is -0.281. The van der Waals surface area contributed by atoms with Gasteiger partial charge in [0.2, 0.25) is 6.36 Å². The Hall–Kier alpha value is -2.28. The Morgan fingerprint density at radius 1 is 0.893 bits per heavy atom. The van der Waals surface area contributed by atoms with Gasteiger partial charge in [-0.1, -0.05) is 60.7 Å². The summed E-state index contributed by atoms with van der Waals surface area (Å²) in [5.41, 5.74) is 1.84. The molecule has 0 saturated carbocycles. The maximum atomic E-state index is 14.6. The largest absolute Gasteiger partial charge is 0.457 e. The average Bonchev–Trinajstić information content (AvgIpc) is 2.68. The van der Waals surface area contributed by atoms with E-state index in [9.17, 15) is 9.18 Å². The molecular weight excluding hydrogens is 363 g/mol. The van der Waals surface area contributed by atoms with E-state index in [0.717, 1.165) is 11.1 Å². The molecular formula is C22H25FO5. The smallest absolute Gasteiger partial charge is 0.303 e. The SMILES string of the molecule is CC(=O)O[C@H]1[C@H](OCc2ccccc2)[C@H](C)OC(F)[C@H]1OCc1ccccc1.